The first-order chi connectivity index (χ1) is 55.2. The van der Waals surface area contributed by atoms with Crippen LogP contribution in [0.3, 0.4) is 0 Å². The summed E-state index contributed by atoms with van der Waals surface area (Å²) in [6.07, 6.45) is 110. The Morgan fingerprint density at radius 1 is 0.257 bits per heavy atom. The minimum atomic E-state index is -4.95. The molecular weight excluding hydrogens is 1460 g/mol. The first kappa shape index (κ1) is 108. The second-order valence-electron chi connectivity index (χ2n) is 29.7. The van der Waals surface area contributed by atoms with Crippen LogP contribution in [-0.4, -0.2) is 95.9 Å². The zero-order valence-electron chi connectivity index (χ0n) is 71.3. The maximum absolute atomic E-state index is 13.0. The molecule has 0 aliphatic carbocycles. The van der Waals surface area contributed by atoms with E-state index in [0.29, 0.717) is 19.3 Å². The fourth-order valence-electron chi connectivity index (χ4n) is 11.9. The van der Waals surface area contributed by atoms with Crippen molar-refractivity contribution in [2.75, 3.05) is 39.6 Å². The molecule has 0 aromatic rings. The number of carbonyl (C=O) groups excluding carboxylic acids is 3. The van der Waals surface area contributed by atoms with Gasteiger partial charge in [-0.05, 0) is 154 Å². The number of hydrogen-bond donors (Lipinski definition) is 4. The van der Waals surface area contributed by atoms with Crippen LogP contribution in [0.5, 0.6) is 0 Å². The number of hydrogen-bond acceptors (Lipinski definition) is 14. The number of allylic oxidation sites excluding steroid dienone is 26. The Balaban J connectivity index is 4.57. The molecule has 5 atom stereocenters. The van der Waals surface area contributed by atoms with Crippen molar-refractivity contribution in [3.8, 4) is 0 Å². The van der Waals surface area contributed by atoms with Crippen LogP contribution >= 0.6 is 15.6 Å². The van der Waals surface area contributed by atoms with Gasteiger partial charge in [-0.2, -0.15) is 0 Å². The van der Waals surface area contributed by atoms with E-state index in [2.05, 4.69) is 179 Å². The van der Waals surface area contributed by atoms with Crippen LogP contribution in [0.25, 0.3) is 0 Å². The van der Waals surface area contributed by atoms with Gasteiger partial charge in [-0.15, -0.1) is 0 Å². The lowest BCUT2D eigenvalue weighted by Crippen LogP contribution is -2.30. The van der Waals surface area contributed by atoms with E-state index in [4.69, 9.17) is 32.3 Å². The van der Waals surface area contributed by atoms with E-state index in [-0.39, 0.29) is 19.3 Å². The zero-order valence-corrected chi connectivity index (χ0v) is 73.0. The molecule has 0 saturated carbocycles. The maximum Gasteiger partial charge on any atom is 0.472 e. The van der Waals surface area contributed by atoms with E-state index in [1.54, 1.807) is 0 Å². The highest BCUT2D eigenvalue weighted by Gasteiger charge is 2.29. The largest absolute Gasteiger partial charge is 0.472 e. The fraction of sp³-hybridized carbons (Fsp3) is 0.695. The Morgan fingerprint density at radius 3 is 0.743 bits per heavy atom. The predicted molar refractivity (Wildman–Crippen MR) is 472 cm³/mol. The van der Waals surface area contributed by atoms with Gasteiger partial charge in [0.2, 0.25) is 0 Å². The monoisotopic (exact) mass is 1620 g/mol. The highest BCUT2D eigenvalue weighted by Crippen LogP contribution is 2.45. The molecule has 0 heterocycles. The molecule has 18 heteroatoms. The summed E-state index contributed by atoms with van der Waals surface area (Å²) in [6.45, 7) is 2.51. The van der Waals surface area contributed by atoms with Gasteiger partial charge in [0, 0.05) is 19.3 Å². The van der Waals surface area contributed by atoms with Gasteiger partial charge in [0.25, 0.3) is 0 Å². The average molecular weight is 1620 g/mol. The third-order valence-corrected chi connectivity index (χ3v) is 20.6. The number of phosphoric acid groups is 2. The van der Waals surface area contributed by atoms with Crippen LogP contribution < -0.4 is 0 Å². The highest BCUT2D eigenvalue weighted by molar-refractivity contribution is 7.47. The second-order valence-corrected chi connectivity index (χ2v) is 32.6. The molecule has 0 aromatic heterocycles. The molecule has 0 amide bonds. The molecule has 648 valence electrons. The van der Waals surface area contributed by atoms with Gasteiger partial charge in [0.05, 0.1) is 26.4 Å². The maximum atomic E-state index is 13.0. The number of aliphatic hydroxyl groups excluding tert-OH is 2. The average Bonchev–Trinajstić information content (AvgIpc) is 0.900. The van der Waals surface area contributed by atoms with E-state index >= 15 is 0 Å². The van der Waals surface area contributed by atoms with E-state index in [9.17, 15) is 43.5 Å². The smallest absolute Gasteiger partial charge is 0.463 e. The van der Waals surface area contributed by atoms with Gasteiger partial charge in [-0.3, -0.25) is 32.5 Å². The minimum absolute atomic E-state index is 0.0772. The minimum Gasteiger partial charge on any atom is -0.463 e. The summed E-state index contributed by atoms with van der Waals surface area (Å²) in [4.78, 5) is 58.9. The van der Waals surface area contributed by atoms with Crippen molar-refractivity contribution in [2.24, 2.45) is 0 Å². The Bertz CT molecular complexity index is 2680. The first-order valence-corrected chi connectivity index (χ1v) is 47.8. The molecule has 5 unspecified atom stereocenters. The molecule has 113 heavy (non-hydrogen) atoms. The first-order valence-electron chi connectivity index (χ1n) is 44.8. The molecule has 0 saturated heterocycles. The van der Waals surface area contributed by atoms with Crippen molar-refractivity contribution in [2.45, 2.75) is 386 Å². The number of phosphoric ester groups is 2. The normalized spacial score (nSPS) is 14.6. The van der Waals surface area contributed by atoms with Crippen molar-refractivity contribution in [3.63, 3.8) is 0 Å². The number of unbranched alkanes of at least 4 members (excludes halogenated alkanes) is 35. The van der Waals surface area contributed by atoms with Gasteiger partial charge in [-0.25, -0.2) is 9.13 Å². The van der Waals surface area contributed by atoms with Crippen LogP contribution in [0.1, 0.15) is 367 Å². The van der Waals surface area contributed by atoms with Crippen molar-refractivity contribution in [1.82, 2.24) is 0 Å². The highest BCUT2D eigenvalue weighted by atomic mass is 31.2. The van der Waals surface area contributed by atoms with Crippen molar-refractivity contribution in [3.05, 3.63) is 158 Å². The van der Waals surface area contributed by atoms with Crippen LogP contribution in [0.2, 0.25) is 0 Å². The summed E-state index contributed by atoms with van der Waals surface area (Å²) < 4.78 is 61.4. The second kappa shape index (κ2) is 86.5. The SMILES string of the molecule is CC/C=C\C/C=C\C/C=C\C/C=C\C/C=C\CCCCCCCCCCCCCCCCCCCC(=O)OCC(O)COP(=O)(O)OCC(O)COP(=O)(O)OCC(COC(=O)CCCCCCCCC/C=C\C/C=C\C/C=C\C/C=C\CCCCC)OC(=O)CCCCCCC/C=C\C/C=C\C/C=C\C/C=C\CCCCC. The summed E-state index contributed by atoms with van der Waals surface area (Å²) in [5.41, 5.74) is 0. The summed E-state index contributed by atoms with van der Waals surface area (Å²) in [5, 5.41) is 20.7. The van der Waals surface area contributed by atoms with E-state index in [1.807, 2.05) is 0 Å². The molecule has 0 bridgehead atoms. The molecule has 0 spiro atoms. The summed E-state index contributed by atoms with van der Waals surface area (Å²) in [5.74, 6) is -1.60. The molecule has 4 N–H and O–H groups in total. The zero-order chi connectivity index (χ0) is 82.2. The van der Waals surface area contributed by atoms with Gasteiger partial charge in [0.15, 0.2) is 6.10 Å². The Morgan fingerprint density at radius 2 is 0.469 bits per heavy atom. The third kappa shape index (κ3) is 87.8. The molecule has 0 fully saturated rings. The lowest BCUT2D eigenvalue weighted by atomic mass is 10.0. The molecule has 0 aliphatic heterocycles. The van der Waals surface area contributed by atoms with E-state index in [0.717, 1.165) is 173 Å². The third-order valence-electron chi connectivity index (χ3n) is 18.7. The van der Waals surface area contributed by atoms with Gasteiger partial charge >= 0.3 is 33.6 Å². The molecule has 0 radical (unpaired) electrons. The van der Waals surface area contributed by atoms with E-state index < -0.39 is 91.5 Å². The number of aliphatic hydroxyl groups is 2. The number of ether oxygens (including phenoxy) is 3. The quantitative estimate of drug-likeness (QED) is 0.0146. The fourth-order valence-corrected chi connectivity index (χ4v) is 13.5. The van der Waals surface area contributed by atoms with Crippen LogP contribution in [-0.2, 0) is 55.8 Å². The Kier molecular flexibility index (Phi) is 82.8. The molecule has 0 aliphatic rings. The lowest BCUT2D eigenvalue weighted by molar-refractivity contribution is -0.161. The number of esters is 3. The lowest BCUT2D eigenvalue weighted by Gasteiger charge is -2.21. The van der Waals surface area contributed by atoms with Gasteiger partial charge in [0.1, 0.15) is 25.4 Å². The molecular formula is C95H162O16P2. The van der Waals surface area contributed by atoms with Gasteiger partial charge < -0.3 is 34.2 Å². The number of rotatable bonds is 84. The van der Waals surface area contributed by atoms with E-state index in [1.165, 1.54) is 135 Å². The molecule has 0 aromatic carbocycles. The Hall–Kier alpha value is -4.83. The predicted octanol–water partition coefficient (Wildman–Crippen LogP) is 27.3. The van der Waals surface area contributed by atoms with Crippen LogP contribution in [0.4, 0.5) is 0 Å². The Labute approximate surface area is 689 Å². The summed E-state index contributed by atoms with van der Waals surface area (Å²) in [6, 6.07) is 0. The summed E-state index contributed by atoms with van der Waals surface area (Å²) >= 11 is 0. The number of carbonyl (C=O) groups is 3. The van der Waals surface area contributed by atoms with Crippen molar-refractivity contribution in [1.29, 1.82) is 0 Å². The van der Waals surface area contributed by atoms with Crippen molar-refractivity contribution >= 4 is 33.6 Å². The standard InChI is InChI=1S/C95H162O16P2/c1-4-7-10-13-16-19-22-25-28-31-34-37-39-40-41-42-43-44-45-46-47-48-50-53-54-57-60-63-66-69-72-75-78-81-93(98)105-84-90(96)85-107-112(101,102)108-86-91(97)87-109-113(103,104)110-89-92(111-95(100)83-80-77-74-71-68-65-62-59-56-51-36-33-30-27-24-21-18-15-12-9-6-3)88-106-94(99)82-79-76-73-70-67-64-61-58-55-52-49-38-35-32-29-26-23-20-17-14-11-8-5-2/h7,10,16-21,25-30,34-38,40-41,51-52,55,59,62,90-92,96-97H,4-6,8-9,11-15,22-24,31-33,39,42-50,53-54,56-58,60-61,63-89H2,1-3H3,(H,101,102)(H,103,104)/b10-7-,19-16-,20-17-,21-18-,28-25-,29-26-,30-27-,37-34-,38-35-,41-40-,51-36-,55-52-,62-59-. The topological polar surface area (TPSA) is 231 Å². The van der Waals surface area contributed by atoms with Crippen LogP contribution in [0, 0.1) is 0 Å². The molecule has 16 nitrogen and oxygen atoms in total. The van der Waals surface area contributed by atoms with Gasteiger partial charge in [-0.1, -0.05) is 352 Å². The van der Waals surface area contributed by atoms with Crippen LogP contribution in [0.15, 0.2) is 158 Å². The summed E-state index contributed by atoms with van der Waals surface area (Å²) in [7, 11) is -9.82. The molecule has 0 rings (SSSR count). The van der Waals surface area contributed by atoms with Crippen molar-refractivity contribution < 1.29 is 75.8 Å².